The van der Waals surface area contributed by atoms with Crippen LogP contribution in [0.3, 0.4) is 0 Å². The Bertz CT molecular complexity index is 99.6. The highest BCUT2D eigenvalue weighted by Gasteiger charge is 1.94. The van der Waals surface area contributed by atoms with Crippen LogP contribution in [0.15, 0.2) is 0 Å². The summed E-state index contributed by atoms with van der Waals surface area (Å²) >= 11 is 0. The van der Waals surface area contributed by atoms with Gasteiger partial charge in [0.2, 0.25) is 0 Å². The second-order valence-corrected chi connectivity index (χ2v) is 4.43. The van der Waals surface area contributed by atoms with E-state index in [9.17, 15) is 0 Å². The van der Waals surface area contributed by atoms with E-state index in [1.807, 2.05) is 0 Å². The summed E-state index contributed by atoms with van der Waals surface area (Å²) in [6.45, 7) is 3.62. The molecule has 15 heavy (non-hydrogen) atoms. The summed E-state index contributed by atoms with van der Waals surface area (Å²) in [7, 11) is 4.47. The number of hydrogen-bond acceptors (Lipinski definition) is 0. The van der Waals surface area contributed by atoms with Crippen molar-refractivity contribution in [2.24, 2.45) is 0 Å². The zero-order valence-corrected chi connectivity index (χ0v) is 11.5. The largest absolute Gasteiger partial charge is 1.00 e. The van der Waals surface area contributed by atoms with Gasteiger partial charge in [-0.1, -0.05) is 45.4 Å². The molecule has 0 rings (SSSR count). The van der Waals surface area contributed by atoms with Gasteiger partial charge in [-0.25, -0.2) is 0 Å². The lowest BCUT2D eigenvalue weighted by atomic mass is 10.1. The highest BCUT2D eigenvalue weighted by molar-refractivity contribution is 4.44. The zero-order chi connectivity index (χ0) is 9.94. The molecule has 0 aromatic heterocycles. The summed E-state index contributed by atoms with van der Waals surface area (Å²) in [4.78, 5) is 1.59. The predicted octanol–water partition coefficient (Wildman–Crippen LogP) is -1.55. The van der Waals surface area contributed by atoms with Crippen molar-refractivity contribution in [2.75, 3.05) is 20.6 Å². The average Bonchev–Trinajstić information content (AvgIpc) is 2.09. The van der Waals surface area contributed by atoms with E-state index in [-0.39, 0.29) is 17.9 Å². The first kappa shape index (κ1) is 20.6. The fourth-order valence-electron chi connectivity index (χ4n) is 1.61. The summed E-state index contributed by atoms with van der Waals surface area (Å²) < 4.78 is 0. The molecular formula is C12H30ClNO. The molecule has 0 spiro atoms. The minimum atomic E-state index is 0. The lowest BCUT2D eigenvalue weighted by Gasteiger charge is -2.06. The summed E-state index contributed by atoms with van der Waals surface area (Å²) in [6, 6.07) is 0. The first-order valence-corrected chi connectivity index (χ1v) is 6.06. The van der Waals surface area contributed by atoms with Gasteiger partial charge < -0.3 is 22.8 Å². The van der Waals surface area contributed by atoms with Gasteiger partial charge in [0.05, 0.1) is 20.6 Å². The lowest BCUT2D eigenvalue weighted by Crippen LogP contribution is -3.05. The van der Waals surface area contributed by atoms with Crippen molar-refractivity contribution in [1.29, 1.82) is 0 Å². The van der Waals surface area contributed by atoms with E-state index in [0.717, 1.165) is 0 Å². The maximum atomic E-state index is 2.28. The van der Waals surface area contributed by atoms with Crippen molar-refractivity contribution >= 4 is 0 Å². The number of quaternary nitrogens is 1. The van der Waals surface area contributed by atoms with E-state index in [1.165, 1.54) is 57.9 Å². The van der Waals surface area contributed by atoms with E-state index in [2.05, 4.69) is 21.0 Å². The fraction of sp³-hybridized carbons (Fsp3) is 1.00. The molecule has 0 aromatic rings. The molecule has 0 aliphatic rings. The van der Waals surface area contributed by atoms with Crippen LogP contribution in [0.5, 0.6) is 0 Å². The second kappa shape index (κ2) is 16.6. The highest BCUT2D eigenvalue weighted by atomic mass is 35.5. The van der Waals surface area contributed by atoms with E-state index in [4.69, 9.17) is 0 Å². The SMILES string of the molecule is CCCCCCCCCC[NH+](C)C.O.[Cl-]. The Labute approximate surface area is 102 Å². The van der Waals surface area contributed by atoms with Crippen LogP contribution in [-0.4, -0.2) is 26.1 Å². The van der Waals surface area contributed by atoms with E-state index < -0.39 is 0 Å². The minimum Gasteiger partial charge on any atom is -1.00 e. The molecule has 0 aromatic carbocycles. The first-order chi connectivity index (χ1) is 6.27. The Balaban J connectivity index is -0.000000720. The van der Waals surface area contributed by atoms with Crippen LogP contribution in [0, 0.1) is 0 Å². The van der Waals surface area contributed by atoms with Crippen LogP contribution in [0.1, 0.15) is 58.3 Å². The normalized spacial score (nSPS) is 9.60. The van der Waals surface area contributed by atoms with Crippen LogP contribution in [-0.2, 0) is 0 Å². The molecule has 0 fully saturated rings. The Kier molecular flexibility index (Phi) is 22.8. The van der Waals surface area contributed by atoms with Crippen molar-refractivity contribution in [3.05, 3.63) is 0 Å². The smallest absolute Gasteiger partial charge is 0.0766 e. The third kappa shape index (κ3) is 20.3. The molecular weight excluding hydrogens is 210 g/mol. The Morgan fingerprint density at radius 3 is 1.53 bits per heavy atom. The molecule has 0 atom stereocenters. The quantitative estimate of drug-likeness (QED) is 0.473. The van der Waals surface area contributed by atoms with Gasteiger partial charge in [0, 0.05) is 0 Å². The van der Waals surface area contributed by atoms with Crippen LogP contribution in [0.25, 0.3) is 0 Å². The molecule has 96 valence electrons. The third-order valence-corrected chi connectivity index (χ3v) is 2.53. The van der Waals surface area contributed by atoms with Crippen LogP contribution >= 0.6 is 0 Å². The highest BCUT2D eigenvalue weighted by Crippen LogP contribution is 2.07. The Hall–Kier alpha value is 0.210. The standard InChI is InChI=1S/C12H27N.ClH.H2O/c1-4-5-6-7-8-9-10-11-12-13(2)3;;/h4-12H2,1-3H3;1H;1H2. The number of nitrogens with one attached hydrogen (secondary N) is 1. The van der Waals surface area contributed by atoms with Gasteiger partial charge in [0.1, 0.15) is 0 Å². The number of rotatable bonds is 9. The monoisotopic (exact) mass is 239 g/mol. The van der Waals surface area contributed by atoms with Crippen molar-refractivity contribution in [3.8, 4) is 0 Å². The van der Waals surface area contributed by atoms with Gasteiger partial charge in [-0.05, 0) is 12.8 Å². The number of halogens is 1. The molecule has 0 bridgehead atoms. The molecule has 0 aliphatic carbocycles. The van der Waals surface area contributed by atoms with E-state index in [1.54, 1.807) is 4.90 Å². The molecule has 0 saturated heterocycles. The van der Waals surface area contributed by atoms with Gasteiger partial charge in [-0.3, -0.25) is 0 Å². The van der Waals surface area contributed by atoms with Crippen LogP contribution < -0.4 is 17.3 Å². The predicted molar refractivity (Wildman–Crippen MR) is 63.9 cm³/mol. The van der Waals surface area contributed by atoms with Gasteiger partial charge in [-0.15, -0.1) is 0 Å². The molecule has 2 nitrogen and oxygen atoms in total. The van der Waals surface area contributed by atoms with Crippen LogP contribution in [0.4, 0.5) is 0 Å². The van der Waals surface area contributed by atoms with Crippen molar-refractivity contribution in [1.82, 2.24) is 0 Å². The maximum absolute atomic E-state index is 2.28. The molecule has 0 unspecified atom stereocenters. The average molecular weight is 240 g/mol. The van der Waals surface area contributed by atoms with Crippen molar-refractivity contribution < 1.29 is 22.8 Å². The zero-order valence-electron chi connectivity index (χ0n) is 10.7. The molecule has 0 radical (unpaired) electrons. The summed E-state index contributed by atoms with van der Waals surface area (Å²) in [6.07, 6.45) is 11.5. The maximum Gasteiger partial charge on any atom is 0.0766 e. The van der Waals surface area contributed by atoms with E-state index >= 15 is 0 Å². The summed E-state index contributed by atoms with van der Waals surface area (Å²) in [5.41, 5.74) is 0. The summed E-state index contributed by atoms with van der Waals surface area (Å²) in [5, 5.41) is 0. The molecule has 3 heteroatoms. The molecule has 3 N–H and O–H groups in total. The van der Waals surface area contributed by atoms with Gasteiger partial charge in [-0.2, -0.15) is 0 Å². The molecule has 0 saturated carbocycles. The fourth-order valence-corrected chi connectivity index (χ4v) is 1.61. The lowest BCUT2D eigenvalue weighted by molar-refractivity contribution is -0.858. The topological polar surface area (TPSA) is 35.9 Å². The second-order valence-electron chi connectivity index (χ2n) is 4.43. The summed E-state index contributed by atoms with van der Waals surface area (Å²) in [5.74, 6) is 0. The van der Waals surface area contributed by atoms with E-state index in [0.29, 0.717) is 0 Å². The van der Waals surface area contributed by atoms with Crippen molar-refractivity contribution in [2.45, 2.75) is 58.3 Å². The molecule has 0 aliphatic heterocycles. The van der Waals surface area contributed by atoms with Gasteiger partial charge in [0.15, 0.2) is 0 Å². The number of hydrogen-bond donors (Lipinski definition) is 1. The van der Waals surface area contributed by atoms with Gasteiger partial charge >= 0.3 is 0 Å². The molecule has 0 heterocycles. The minimum absolute atomic E-state index is 0. The number of unbranched alkanes of at least 4 members (excludes halogenated alkanes) is 7. The first-order valence-electron chi connectivity index (χ1n) is 6.06. The van der Waals surface area contributed by atoms with Crippen LogP contribution in [0.2, 0.25) is 0 Å². The Morgan fingerprint density at radius 1 is 0.733 bits per heavy atom. The third-order valence-electron chi connectivity index (χ3n) is 2.53. The Morgan fingerprint density at radius 2 is 1.13 bits per heavy atom. The van der Waals surface area contributed by atoms with Crippen molar-refractivity contribution in [3.63, 3.8) is 0 Å². The molecule has 0 amide bonds. The van der Waals surface area contributed by atoms with Gasteiger partial charge in [0.25, 0.3) is 0 Å².